The Labute approximate surface area is 114 Å². The molecule has 0 radical (unpaired) electrons. The van der Waals surface area contributed by atoms with Gasteiger partial charge in [-0.15, -0.1) is 11.6 Å². The summed E-state index contributed by atoms with van der Waals surface area (Å²) < 4.78 is 26.7. The number of alkyl halides is 1. The SMILES string of the molecule is CCC(Cl)CNS(=O)(=O)c1ccc2c(c1)CCC2. The molecule has 0 bridgehead atoms. The average Bonchev–Trinajstić information content (AvgIpc) is 2.83. The van der Waals surface area contributed by atoms with Crippen LogP contribution in [0.25, 0.3) is 0 Å². The van der Waals surface area contributed by atoms with Gasteiger partial charge in [-0.05, 0) is 48.9 Å². The molecule has 0 spiro atoms. The minimum Gasteiger partial charge on any atom is -0.210 e. The van der Waals surface area contributed by atoms with Gasteiger partial charge >= 0.3 is 0 Å². The lowest BCUT2D eigenvalue weighted by Gasteiger charge is -2.10. The van der Waals surface area contributed by atoms with Gasteiger partial charge in [0.2, 0.25) is 10.0 Å². The molecule has 0 aliphatic heterocycles. The zero-order chi connectivity index (χ0) is 13.2. The quantitative estimate of drug-likeness (QED) is 0.846. The average molecular weight is 288 g/mol. The predicted octanol–water partition coefficient (Wildman–Crippen LogP) is 2.47. The van der Waals surface area contributed by atoms with Crippen molar-refractivity contribution < 1.29 is 8.42 Å². The van der Waals surface area contributed by atoms with Crippen molar-refractivity contribution in [2.75, 3.05) is 6.54 Å². The molecule has 1 unspecified atom stereocenters. The molecule has 1 aromatic carbocycles. The molecule has 3 nitrogen and oxygen atoms in total. The largest absolute Gasteiger partial charge is 0.240 e. The van der Waals surface area contributed by atoms with Crippen LogP contribution in [0.5, 0.6) is 0 Å². The molecular weight excluding hydrogens is 270 g/mol. The third kappa shape index (κ3) is 3.05. The summed E-state index contributed by atoms with van der Waals surface area (Å²) in [6.45, 7) is 2.21. The van der Waals surface area contributed by atoms with E-state index in [9.17, 15) is 8.42 Å². The number of rotatable bonds is 5. The molecule has 100 valence electrons. The maximum Gasteiger partial charge on any atom is 0.240 e. The minimum atomic E-state index is -3.42. The molecule has 0 heterocycles. The lowest BCUT2D eigenvalue weighted by Crippen LogP contribution is -2.29. The molecule has 1 atom stereocenters. The van der Waals surface area contributed by atoms with Crippen molar-refractivity contribution in [3.05, 3.63) is 29.3 Å². The summed E-state index contributed by atoms with van der Waals surface area (Å²) >= 11 is 5.93. The van der Waals surface area contributed by atoms with Crippen molar-refractivity contribution >= 4 is 21.6 Å². The fourth-order valence-electron chi connectivity index (χ4n) is 2.14. The van der Waals surface area contributed by atoms with E-state index in [1.54, 1.807) is 12.1 Å². The maximum atomic E-state index is 12.1. The van der Waals surface area contributed by atoms with Gasteiger partial charge in [0, 0.05) is 11.9 Å². The molecule has 18 heavy (non-hydrogen) atoms. The zero-order valence-electron chi connectivity index (χ0n) is 10.4. The molecular formula is C13H18ClNO2S. The van der Waals surface area contributed by atoms with E-state index in [-0.39, 0.29) is 11.9 Å². The molecule has 0 saturated carbocycles. The Hall–Kier alpha value is -0.580. The Morgan fingerprint density at radius 1 is 1.33 bits per heavy atom. The Morgan fingerprint density at radius 3 is 2.78 bits per heavy atom. The smallest absolute Gasteiger partial charge is 0.210 e. The molecule has 0 amide bonds. The van der Waals surface area contributed by atoms with Crippen LogP contribution in [-0.4, -0.2) is 20.3 Å². The summed E-state index contributed by atoms with van der Waals surface area (Å²) in [6, 6.07) is 5.40. The summed E-state index contributed by atoms with van der Waals surface area (Å²) in [5.41, 5.74) is 2.44. The van der Waals surface area contributed by atoms with E-state index in [1.807, 2.05) is 13.0 Å². The molecule has 0 fully saturated rings. The molecule has 1 N–H and O–H groups in total. The van der Waals surface area contributed by atoms with Crippen LogP contribution in [0.1, 0.15) is 30.9 Å². The molecule has 1 aromatic rings. The number of hydrogen-bond donors (Lipinski definition) is 1. The Balaban J connectivity index is 2.15. The third-order valence-electron chi connectivity index (χ3n) is 3.32. The van der Waals surface area contributed by atoms with Gasteiger partial charge in [0.15, 0.2) is 0 Å². The van der Waals surface area contributed by atoms with Crippen LogP contribution in [0, 0.1) is 0 Å². The summed E-state index contributed by atoms with van der Waals surface area (Å²) in [5.74, 6) is 0. The lowest BCUT2D eigenvalue weighted by atomic mass is 10.1. The van der Waals surface area contributed by atoms with E-state index in [2.05, 4.69) is 4.72 Å². The number of halogens is 1. The van der Waals surface area contributed by atoms with Gasteiger partial charge in [-0.3, -0.25) is 0 Å². The van der Waals surface area contributed by atoms with E-state index in [0.29, 0.717) is 4.90 Å². The lowest BCUT2D eigenvalue weighted by molar-refractivity contribution is 0.579. The van der Waals surface area contributed by atoms with Crippen molar-refractivity contribution in [2.45, 2.75) is 42.9 Å². The normalized spacial score (nSPS) is 16.6. The standard InChI is InChI=1S/C13H18ClNO2S/c1-2-12(14)9-15-18(16,17)13-7-6-10-4-3-5-11(10)8-13/h6-8,12,15H,2-5,9H2,1H3. The van der Waals surface area contributed by atoms with Crippen molar-refractivity contribution in [2.24, 2.45) is 0 Å². The number of aryl methyl sites for hydroxylation is 2. The Kier molecular flexibility index (Phi) is 4.30. The molecule has 5 heteroatoms. The highest BCUT2D eigenvalue weighted by molar-refractivity contribution is 7.89. The second kappa shape index (κ2) is 5.59. The van der Waals surface area contributed by atoms with Gasteiger partial charge in [-0.2, -0.15) is 0 Å². The van der Waals surface area contributed by atoms with E-state index in [4.69, 9.17) is 11.6 Å². The van der Waals surface area contributed by atoms with Gasteiger partial charge in [-0.25, -0.2) is 13.1 Å². The first-order chi connectivity index (χ1) is 8.53. The number of benzene rings is 1. The van der Waals surface area contributed by atoms with Crippen LogP contribution in [0.2, 0.25) is 0 Å². The van der Waals surface area contributed by atoms with Gasteiger partial charge < -0.3 is 0 Å². The Morgan fingerprint density at radius 2 is 2.06 bits per heavy atom. The highest BCUT2D eigenvalue weighted by atomic mass is 35.5. The predicted molar refractivity (Wildman–Crippen MR) is 73.6 cm³/mol. The first-order valence-corrected chi connectivity index (χ1v) is 8.20. The minimum absolute atomic E-state index is 0.158. The Bertz CT molecular complexity index is 528. The first kappa shape index (κ1) is 13.8. The van der Waals surface area contributed by atoms with E-state index >= 15 is 0 Å². The van der Waals surface area contributed by atoms with Gasteiger partial charge in [0.1, 0.15) is 0 Å². The van der Waals surface area contributed by atoms with Crippen LogP contribution < -0.4 is 4.72 Å². The van der Waals surface area contributed by atoms with Crippen molar-refractivity contribution in [1.29, 1.82) is 0 Å². The van der Waals surface area contributed by atoms with Crippen molar-refractivity contribution in [1.82, 2.24) is 4.72 Å². The first-order valence-electron chi connectivity index (χ1n) is 6.28. The molecule has 1 aliphatic rings. The summed E-state index contributed by atoms with van der Waals surface area (Å²) in [7, 11) is -3.42. The van der Waals surface area contributed by atoms with E-state index < -0.39 is 10.0 Å². The van der Waals surface area contributed by atoms with Crippen LogP contribution in [-0.2, 0) is 22.9 Å². The van der Waals surface area contributed by atoms with Crippen LogP contribution in [0.15, 0.2) is 23.1 Å². The fraction of sp³-hybridized carbons (Fsp3) is 0.538. The van der Waals surface area contributed by atoms with E-state index in [0.717, 1.165) is 31.2 Å². The van der Waals surface area contributed by atoms with Gasteiger partial charge in [0.25, 0.3) is 0 Å². The number of fused-ring (bicyclic) bond motifs is 1. The van der Waals surface area contributed by atoms with E-state index in [1.165, 1.54) is 5.56 Å². The number of hydrogen-bond acceptors (Lipinski definition) is 2. The monoisotopic (exact) mass is 287 g/mol. The zero-order valence-corrected chi connectivity index (χ0v) is 12.0. The number of sulfonamides is 1. The van der Waals surface area contributed by atoms with Crippen molar-refractivity contribution in [3.63, 3.8) is 0 Å². The third-order valence-corrected chi connectivity index (χ3v) is 5.20. The summed E-state index contributed by atoms with van der Waals surface area (Å²) in [6.07, 6.45) is 3.90. The van der Waals surface area contributed by atoms with Gasteiger partial charge in [-0.1, -0.05) is 13.0 Å². The molecule has 0 saturated heterocycles. The van der Waals surface area contributed by atoms with Crippen molar-refractivity contribution in [3.8, 4) is 0 Å². The molecule has 0 aromatic heterocycles. The summed E-state index contributed by atoms with van der Waals surface area (Å²) in [5, 5.41) is -0.158. The van der Waals surface area contributed by atoms with Crippen LogP contribution >= 0.6 is 11.6 Å². The second-order valence-electron chi connectivity index (χ2n) is 4.64. The van der Waals surface area contributed by atoms with Crippen LogP contribution in [0.3, 0.4) is 0 Å². The number of nitrogens with one attached hydrogen (secondary N) is 1. The van der Waals surface area contributed by atoms with Gasteiger partial charge in [0.05, 0.1) is 4.90 Å². The second-order valence-corrected chi connectivity index (χ2v) is 7.03. The molecule has 2 rings (SSSR count). The topological polar surface area (TPSA) is 46.2 Å². The van der Waals surface area contributed by atoms with Crippen LogP contribution in [0.4, 0.5) is 0 Å². The highest BCUT2D eigenvalue weighted by Crippen LogP contribution is 2.24. The molecule has 1 aliphatic carbocycles. The fourth-order valence-corrected chi connectivity index (χ4v) is 3.44. The maximum absolute atomic E-state index is 12.1. The summed E-state index contributed by atoms with van der Waals surface area (Å²) in [4.78, 5) is 0.350. The highest BCUT2D eigenvalue weighted by Gasteiger charge is 2.18.